The summed E-state index contributed by atoms with van der Waals surface area (Å²) in [5.41, 5.74) is 8.07. The Labute approximate surface area is 87.1 Å². The summed E-state index contributed by atoms with van der Waals surface area (Å²) in [5, 5.41) is 0. The van der Waals surface area contributed by atoms with Crippen LogP contribution in [0.2, 0.25) is 0 Å². The predicted molar refractivity (Wildman–Crippen MR) is 57.3 cm³/mol. The van der Waals surface area contributed by atoms with E-state index in [1.54, 1.807) is 6.20 Å². The highest BCUT2D eigenvalue weighted by molar-refractivity contribution is 5.89. The van der Waals surface area contributed by atoms with Crippen LogP contribution in [0.1, 0.15) is 16.2 Å². The Morgan fingerprint density at radius 3 is 2.53 bits per heavy atom. The Kier molecular flexibility index (Phi) is 2.25. The van der Waals surface area contributed by atoms with Crippen molar-refractivity contribution in [1.29, 1.82) is 0 Å². The van der Waals surface area contributed by atoms with Crippen molar-refractivity contribution in [2.75, 3.05) is 0 Å². The number of aromatic amines is 1. The van der Waals surface area contributed by atoms with E-state index in [-0.39, 0.29) is 5.82 Å². The van der Waals surface area contributed by atoms with Crippen LogP contribution in [0.15, 0.2) is 30.5 Å². The number of carbonyl (C=O) groups is 1. The largest absolute Gasteiger partial charge is 0.363 e. The van der Waals surface area contributed by atoms with E-state index in [1.807, 2.05) is 31.2 Å². The number of nitrogens with one attached hydrogen (secondary N) is 1. The molecule has 0 aliphatic rings. The smallest absolute Gasteiger partial charge is 0.284 e. The average molecular weight is 201 g/mol. The molecule has 2 rings (SSSR count). The molecule has 0 fully saturated rings. The third-order valence-corrected chi connectivity index (χ3v) is 2.17. The predicted octanol–water partition coefficient (Wildman–Crippen LogP) is 1.48. The lowest BCUT2D eigenvalue weighted by atomic mass is 10.1. The Bertz CT molecular complexity index is 485. The van der Waals surface area contributed by atoms with Crippen molar-refractivity contribution in [2.45, 2.75) is 6.92 Å². The third-order valence-electron chi connectivity index (χ3n) is 2.17. The molecule has 0 unspecified atom stereocenters. The second-order valence-corrected chi connectivity index (χ2v) is 3.38. The van der Waals surface area contributed by atoms with Gasteiger partial charge in [-0.25, -0.2) is 4.98 Å². The van der Waals surface area contributed by atoms with Gasteiger partial charge in [0.2, 0.25) is 0 Å². The second kappa shape index (κ2) is 3.57. The number of hydrogen-bond donors (Lipinski definition) is 2. The maximum Gasteiger partial charge on any atom is 0.284 e. The van der Waals surface area contributed by atoms with E-state index in [2.05, 4.69) is 9.97 Å². The van der Waals surface area contributed by atoms with Crippen molar-refractivity contribution in [3.8, 4) is 11.3 Å². The summed E-state index contributed by atoms with van der Waals surface area (Å²) >= 11 is 0. The van der Waals surface area contributed by atoms with Crippen LogP contribution in [0.25, 0.3) is 11.3 Å². The van der Waals surface area contributed by atoms with Gasteiger partial charge in [0.1, 0.15) is 0 Å². The summed E-state index contributed by atoms with van der Waals surface area (Å²) in [7, 11) is 0. The van der Waals surface area contributed by atoms with E-state index in [9.17, 15) is 4.79 Å². The fourth-order valence-electron chi connectivity index (χ4n) is 1.33. The van der Waals surface area contributed by atoms with Gasteiger partial charge in [-0.05, 0) is 12.5 Å². The first-order valence-corrected chi connectivity index (χ1v) is 4.58. The molecule has 3 N–H and O–H groups in total. The van der Waals surface area contributed by atoms with Gasteiger partial charge in [0.15, 0.2) is 5.82 Å². The second-order valence-electron chi connectivity index (χ2n) is 3.38. The number of hydrogen-bond acceptors (Lipinski definition) is 2. The van der Waals surface area contributed by atoms with Gasteiger partial charge in [0.25, 0.3) is 5.91 Å². The van der Waals surface area contributed by atoms with E-state index >= 15 is 0 Å². The monoisotopic (exact) mass is 201 g/mol. The fraction of sp³-hybridized carbons (Fsp3) is 0.0909. The van der Waals surface area contributed by atoms with Crippen molar-refractivity contribution in [1.82, 2.24) is 9.97 Å². The lowest BCUT2D eigenvalue weighted by Crippen LogP contribution is -2.12. The summed E-state index contributed by atoms with van der Waals surface area (Å²) in [6.45, 7) is 2.02. The van der Waals surface area contributed by atoms with E-state index in [0.717, 1.165) is 11.3 Å². The number of amides is 1. The van der Waals surface area contributed by atoms with Crippen LogP contribution in [0, 0.1) is 6.92 Å². The first kappa shape index (κ1) is 9.45. The van der Waals surface area contributed by atoms with Crippen molar-refractivity contribution >= 4 is 5.91 Å². The number of primary amides is 1. The number of H-pyrrole nitrogens is 1. The molecule has 1 aromatic carbocycles. The van der Waals surface area contributed by atoms with Gasteiger partial charge < -0.3 is 10.7 Å². The molecular weight excluding hydrogens is 190 g/mol. The molecule has 0 saturated heterocycles. The molecule has 1 amide bonds. The quantitative estimate of drug-likeness (QED) is 0.772. The van der Waals surface area contributed by atoms with Crippen molar-refractivity contribution in [3.05, 3.63) is 41.9 Å². The van der Waals surface area contributed by atoms with Crippen LogP contribution in [0.5, 0.6) is 0 Å². The normalized spacial score (nSPS) is 10.2. The number of aryl methyl sites for hydroxylation is 1. The minimum Gasteiger partial charge on any atom is -0.363 e. The van der Waals surface area contributed by atoms with Gasteiger partial charge in [0.05, 0.1) is 11.9 Å². The maximum atomic E-state index is 10.8. The minimum absolute atomic E-state index is 0.186. The number of aromatic nitrogens is 2. The number of imidazole rings is 1. The summed E-state index contributed by atoms with van der Waals surface area (Å²) in [4.78, 5) is 17.6. The Morgan fingerprint density at radius 2 is 2.00 bits per heavy atom. The van der Waals surface area contributed by atoms with Gasteiger partial charge >= 0.3 is 0 Å². The highest BCUT2D eigenvalue weighted by Gasteiger charge is 2.06. The van der Waals surface area contributed by atoms with Crippen molar-refractivity contribution < 1.29 is 4.79 Å². The van der Waals surface area contributed by atoms with Crippen LogP contribution < -0.4 is 5.73 Å². The molecule has 0 aliphatic carbocycles. The van der Waals surface area contributed by atoms with Gasteiger partial charge in [-0.15, -0.1) is 0 Å². The minimum atomic E-state index is -0.548. The topological polar surface area (TPSA) is 71.8 Å². The SMILES string of the molecule is Cc1ccc(-c2cnc(C(N)=O)[nH]2)cc1. The van der Waals surface area contributed by atoms with E-state index < -0.39 is 5.91 Å². The lowest BCUT2D eigenvalue weighted by Gasteiger charge is -1.97. The summed E-state index contributed by atoms with van der Waals surface area (Å²) in [6.07, 6.45) is 1.60. The Morgan fingerprint density at radius 1 is 1.33 bits per heavy atom. The first-order valence-electron chi connectivity index (χ1n) is 4.58. The fourth-order valence-corrected chi connectivity index (χ4v) is 1.33. The molecule has 0 spiro atoms. The molecular formula is C11H11N3O. The molecule has 76 valence electrons. The maximum absolute atomic E-state index is 10.8. The number of rotatable bonds is 2. The third kappa shape index (κ3) is 1.88. The van der Waals surface area contributed by atoms with E-state index in [0.29, 0.717) is 0 Å². The molecule has 0 bridgehead atoms. The number of benzene rings is 1. The van der Waals surface area contributed by atoms with Crippen LogP contribution in [-0.2, 0) is 0 Å². The van der Waals surface area contributed by atoms with Gasteiger partial charge in [0, 0.05) is 0 Å². The van der Waals surface area contributed by atoms with Crippen molar-refractivity contribution in [2.24, 2.45) is 5.73 Å². The molecule has 0 saturated carbocycles. The molecule has 15 heavy (non-hydrogen) atoms. The zero-order chi connectivity index (χ0) is 10.8. The van der Waals surface area contributed by atoms with E-state index in [1.165, 1.54) is 5.56 Å². The molecule has 0 radical (unpaired) electrons. The van der Waals surface area contributed by atoms with E-state index in [4.69, 9.17) is 5.73 Å². The molecule has 1 heterocycles. The number of nitrogens with two attached hydrogens (primary N) is 1. The molecule has 2 aromatic rings. The highest BCUT2D eigenvalue weighted by atomic mass is 16.1. The highest BCUT2D eigenvalue weighted by Crippen LogP contribution is 2.17. The molecule has 4 heteroatoms. The first-order chi connectivity index (χ1) is 7.16. The Hall–Kier alpha value is -2.10. The zero-order valence-electron chi connectivity index (χ0n) is 8.32. The Balaban J connectivity index is 2.37. The molecule has 0 atom stereocenters. The summed E-state index contributed by atoms with van der Waals surface area (Å²) in [5.74, 6) is -0.362. The summed E-state index contributed by atoms with van der Waals surface area (Å²) < 4.78 is 0. The lowest BCUT2D eigenvalue weighted by molar-refractivity contribution is 0.0991. The van der Waals surface area contributed by atoms with Gasteiger partial charge in [-0.3, -0.25) is 4.79 Å². The van der Waals surface area contributed by atoms with Gasteiger partial charge in [-0.1, -0.05) is 29.8 Å². The summed E-state index contributed by atoms with van der Waals surface area (Å²) in [6, 6.07) is 7.93. The molecule has 1 aromatic heterocycles. The number of nitrogens with zero attached hydrogens (tertiary/aromatic N) is 1. The molecule has 0 aliphatic heterocycles. The average Bonchev–Trinajstić information content (AvgIpc) is 2.68. The van der Waals surface area contributed by atoms with Crippen LogP contribution in [0.4, 0.5) is 0 Å². The van der Waals surface area contributed by atoms with Crippen molar-refractivity contribution in [3.63, 3.8) is 0 Å². The van der Waals surface area contributed by atoms with Crippen LogP contribution in [0.3, 0.4) is 0 Å². The van der Waals surface area contributed by atoms with Crippen LogP contribution >= 0.6 is 0 Å². The number of carbonyl (C=O) groups excluding carboxylic acids is 1. The standard InChI is InChI=1S/C11H11N3O/c1-7-2-4-8(5-3-7)9-6-13-11(14-9)10(12)15/h2-6H,1H3,(H2,12,15)(H,13,14). The zero-order valence-corrected chi connectivity index (χ0v) is 8.32. The molecule has 4 nitrogen and oxygen atoms in total. The van der Waals surface area contributed by atoms with Crippen LogP contribution in [-0.4, -0.2) is 15.9 Å². The van der Waals surface area contributed by atoms with Gasteiger partial charge in [-0.2, -0.15) is 0 Å².